The van der Waals surface area contributed by atoms with E-state index in [1.54, 1.807) is 6.07 Å². The summed E-state index contributed by atoms with van der Waals surface area (Å²) in [4.78, 5) is 24.2. The molecule has 0 saturated heterocycles. The first-order valence-corrected chi connectivity index (χ1v) is 6.82. The lowest BCUT2D eigenvalue weighted by Gasteiger charge is -2.11. The number of carbonyl (C=O) groups is 2. The van der Waals surface area contributed by atoms with Gasteiger partial charge in [0.1, 0.15) is 0 Å². The Kier molecular flexibility index (Phi) is 3.06. The Morgan fingerprint density at radius 1 is 0.818 bits per heavy atom. The molecular weight excluding hydrogens is 288 g/mol. The number of ether oxygens (including phenoxy) is 4. The van der Waals surface area contributed by atoms with Gasteiger partial charge in [-0.2, -0.15) is 0 Å². The summed E-state index contributed by atoms with van der Waals surface area (Å²) in [5.41, 5.74) is 2.34. The summed E-state index contributed by atoms with van der Waals surface area (Å²) in [5, 5.41) is 1.50. The Labute approximate surface area is 125 Å². The Balaban J connectivity index is 2.00. The molecule has 0 bridgehead atoms. The van der Waals surface area contributed by atoms with Crippen molar-refractivity contribution in [2.75, 3.05) is 13.6 Å². The van der Waals surface area contributed by atoms with Crippen LogP contribution < -0.4 is 0 Å². The maximum Gasteiger partial charge on any atom is 0.341 e. The zero-order chi connectivity index (χ0) is 15.1. The fourth-order valence-electron chi connectivity index (χ4n) is 2.78. The average Bonchev–Trinajstić information content (AvgIpc) is 2.82. The van der Waals surface area contributed by atoms with Gasteiger partial charge >= 0.3 is 11.9 Å². The number of benzene rings is 2. The lowest BCUT2D eigenvalue weighted by Crippen LogP contribution is -2.08. The number of cyclic esters (lactones) is 2. The number of hydrogen-bond acceptors (Lipinski definition) is 6. The van der Waals surface area contributed by atoms with Crippen LogP contribution in [0.5, 0.6) is 0 Å². The van der Waals surface area contributed by atoms with Crippen LogP contribution in [-0.2, 0) is 32.2 Å². The minimum Gasteiger partial charge on any atom is -0.435 e. The van der Waals surface area contributed by atoms with Crippen LogP contribution in [0, 0.1) is 0 Å². The van der Waals surface area contributed by atoms with E-state index in [1.807, 2.05) is 18.2 Å². The van der Waals surface area contributed by atoms with Gasteiger partial charge in [-0.3, -0.25) is 0 Å². The average molecular weight is 300 g/mol. The van der Waals surface area contributed by atoms with Gasteiger partial charge in [-0.15, -0.1) is 0 Å². The zero-order valence-electron chi connectivity index (χ0n) is 11.6. The predicted molar refractivity (Wildman–Crippen MR) is 74.1 cm³/mol. The third-order valence-electron chi connectivity index (χ3n) is 3.82. The van der Waals surface area contributed by atoms with Crippen LogP contribution in [0.1, 0.15) is 31.8 Å². The highest BCUT2D eigenvalue weighted by molar-refractivity contribution is 6.08. The summed E-state index contributed by atoms with van der Waals surface area (Å²) in [6.45, 7) is 0.441. The van der Waals surface area contributed by atoms with E-state index in [1.165, 1.54) is 0 Å². The molecule has 2 heterocycles. The van der Waals surface area contributed by atoms with Crippen molar-refractivity contribution in [3.05, 3.63) is 46.5 Å². The monoisotopic (exact) mass is 300 g/mol. The number of fused-ring (bicyclic) bond motifs is 4. The Hall–Kier alpha value is -2.44. The number of esters is 2. The van der Waals surface area contributed by atoms with Crippen LogP contribution in [0.2, 0.25) is 0 Å². The van der Waals surface area contributed by atoms with E-state index >= 15 is 0 Å². The maximum atomic E-state index is 12.2. The van der Waals surface area contributed by atoms with Gasteiger partial charge in [0.2, 0.25) is 0 Å². The summed E-state index contributed by atoms with van der Waals surface area (Å²) in [6.07, 6.45) is 0. The van der Waals surface area contributed by atoms with E-state index in [0.29, 0.717) is 29.7 Å². The normalized spacial score (nSPS) is 17.8. The smallest absolute Gasteiger partial charge is 0.341 e. The molecule has 2 aliphatic rings. The predicted octanol–water partition coefficient (Wildman–Crippen LogP) is 2.13. The molecule has 0 unspecified atom stereocenters. The molecule has 0 aliphatic carbocycles. The molecule has 4 rings (SSSR count). The van der Waals surface area contributed by atoms with Gasteiger partial charge in [-0.05, 0) is 34.0 Å². The molecule has 0 fully saturated rings. The van der Waals surface area contributed by atoms with Gasteiger partial charge in [-0.25, -0.2) is 9.59 Å². The van der Waals surface area contributed by atoms with E-state index in [0.717, 1.165) is 16.5 Å². The molecule has 0 aromatic heterocycles. The van der Waals surface area contributed by atoms with Gasteiger partial charge < -0.3 is 18.9 Å². The van der Waals surface area contributed by atoms with E-state index in [-0.39, 0.29) is 13.6 Å². The molecule has 0 spiro atoms. The highest BCUT2D eigenvalue weighted by Crippen LogP contribution is 2.30. The van der Waals surface area contributed by atoms with Crippen molar-refractivity contribution >= 4 is 22.7 Å². The minimum atomic E-state index is -0.453. The molecule has 2 aliphatic heterocycles. The van der Waals surface area contributed by atoms with Crippen LogP contribution >= 0.6 is 0 Å². The van der Waals surface area contributed by atoms with Gasteiger partial charge in [0.05, 0.1) is 24.3 Å². The second kappa shape index (κ2) is 5.08. The number of hydrogen-bond donors (Lipinski definition) is 0. The largest absolute Gasteiger partial charge is 0.435 e. The molecule has 2 aromatic rings. The topological polar surface area (TPSA) is 71.1 Å². The van der Waals surface area contributed by atoms with Crippen molar-refractivity contribution in [2.45, 2.75) is 13.2 Å². The van der Waals surface area contributed by atoms with Gasteiger partial charge in [0.15, 0.2) is 13.6 Å². The van der Waals surface area contributed by atoms with Gasteiger partial charge in [-0.1, -0.05) is 12.1 Å². The van der Waals surface area contributed by atoms with Crippen molar-refractivity contribution in [2.24, 2.45) is 0 Å². The zero-order valence-corrected chi connectivity index (χ0v) is 11.6. The molecule has 6 nitrogen and oxygen atoms in total. The highest BCUT2D eigenvalue weighted by atomic mass is 16.7. The summed E-state index contributed by atoms with van der Waals surface area (Å²) in [5.74, 6) is -0.901. The first-order chi connectivity index (χ1) is 10.7. The van der Waals surface area contributed by atoms with E-state index in [4.69, 9.17) is 18.9 Å². The third-order valence-corrected chi connectivity index (χ3v) is 3.82. The van der Waals surface area contributed by atoms with Gasteiger partial charge in [0, 0.05) is 0 Å². The molecule has 0 N–H and O–H groups in total. The van der Waals surface area contributed by atoms with Crippen molar-refractivity contribution in [3.8, 4) is 0 Å². The third kappa shape index (κ3) is 2.04. The van der Waals surface area contributed by atoms with Crippen molar-refractivity contribution < 1.29 is 28.5 Å². The van der Waals surface area contributed by atoms with E-state index in [2.05, 4.69) is 0 Å². The van der Waals surface area contributed by atoms with Crippen molar-refractivity contribution in [1.29, 1.82) is 0 Å². The lowest BCUT2D eigenvalue weighted by atomic mass is 9.94. The quantitative estimate of drug-likeness (QED) is 0.694. The fourth-order valence-corrected chi connectivity index (χ4v) is 2.78. The Bertz CT molecular complexity index is 793. The van der Waals surface area contributed by atoms with E-state index < -0.39 is 11.9 Å². The molecule has 112 valence electrons. The summed E-state index contributed by atoms with van der Waals surface area (Å²) in [7, 11) is 0. The number of carbonyl (C=O) groups excluding carboxylic acids is 2. The summed E-state index contributed by atoms with van der Waals surface area (Å²) in [6, 6.07) is 7.25. The summed E-state index contributed by atoms with van der Waals surface area (Å²) < 4.78 is 20.5. The van der Waals surface area contributed by atoms with Crippen LogP contribution in [0.4, 0.5) is 0 Å². The lowest BCUT2D eigenvalue weighted by molar-refractivity contribution is -0.0320. The molecule has 6 heteroatoms. The molecule has 0 amide bonds. The van der Waals surface area contributed by atoms with Crippen LogP contribution in [0.15, 0.2) is 24.3 Å². The molecule has 0 radical (unpaired) electrons. The molecule has 22 heavy (non-hydrogen) atoms. The summed E-state index contributed by atoms with van der Waals surface area (Å²) >= 11 is 0. The first-order valence-electron chi connectivity index (χ1n) is 6.82. The van der Waals surface area contributed by atoms with Crippen molar-refractivity contribution in [3.63, 3.8) is 0 Å². The number of rotatable bonds is 0. The van der Waals surface area contributed by atoms with Crippen LogP contribution in [0.25, 0.3) is 10.8 Å². The second-order valence-electron chi connectivity index (χ2n) is 5.13. The first kappa shape index (κ1) is 13.2. The maximum absolute atomic E-state index is 12.2. The Morgan fingerprint density at radius 3 is 2.36 bits per heavy atom. The Morgan fingerprint density at radius 2 is 1.55 bits per heavy atom. The van der Waals surface area contributed by atoms with Crippen LogP contribution in [-0.4, -0.2) is 25.5 Å². The standard InChI is InChI=1S/C16H12O6/c17-15-13-4-12-9(3-11(13)6-20-7-21-15)1-2-10-5-19-8-22-16(18)14(10)12/h1-4H,5-8H2. The SMILES string of the molecule is O=C1OCOCc2cc3ccc4c(c3cc21)C(=O)OCOC4. The fraction of sp³-hybridized carbons (Fsp3) is 0.250. The van der Waals surface area contributed by atoms with Crippen molar-refractivity contribution in [1.82, 2.24) is 0 Å². The van der Waals surface area contributed by atoms with Crippen LogP contribution in [0.3, 0.4) is 0 Å². The molecule has 0 saturated carbocycles. The highest BCUT2D eigenvalue weighted by Gasteiger charge is 2.24. The molecular formula is C16H12O6. The molecule has 0 atom stereocenters. The van der Waals surface area contributed by atoms with E-state index in [9.17, 15) is 9.59 Å². The minimum absolute atomic E-state index is 0.0716. The molecule has 2 aromatic carbocycles. The van der Waals surface area contributed by atoms with Gasteiger partial charge in [0.25, 0.3) is 0 Å². The second-order valence-corrected chi connectivity index (χ2v) is 5.13.